The Morgan fingerprint density at radius 1 is 1.10 bits per heavy atom. The smallest absolute Gasteiger partial charge is 0.128 e. The molecule has 2 aromatic rings. The highest BCUT2D eigenvalue weighted by atomic mass is 16.5. The minimum Gasteiger partial charge on any atom is -0.364 e. The number of benzene rings is 1. The van der Waals surface area contributed by atoms with Gasteiger partial charge < -0.3 is 4.52 Å². The lowest BCUT2D eigenvalue weighted by Gasteiger charge is -2.34. The maximum absolute atomic E-state index is 5.05. The first kappa shape index (κ1) is 13.0. The number of aryl methyl sites for hydroxylation is 1. The van der Waals surface area contributed by atoms with Crippen molar-refractivity contribution in [3.8, 4) is 0 Å². The van der Waals surface area contributed by atoms with E-state index in [0.717, 1.165) is 18.8 Å². The van der Waals surface area contributed by atoms with E-state index in [9.17, 15) is 0 Å². The molecule has 3 heterocycles. The highest BCUT2D eigenvalue weighted by molar-refractivity contribution is 5.17. The average Bonchev–Trinajstić information content (AvgIpc) is 3.17. The molecule has 2 fully saturated rings. The SMILES string of the molecule is Cc1nocc1CN1C[C@@H]2C[C@H]1CN2Cc1ccccc1. The van der Waals surface area contributed by atoms with Gasteiger partial charge in [-0.3, -0.25) is 9.80 Å². The van der Waals surface area contributed by atoms with Crippen molar-refractivity contribution in [2.45, 2.75) is 38.5 Å². The summed E-state index contributed by atoms with van der Waals surface area (Å²) in [5, 5.41) is 3.98. The molecule has 21 heavy (non-hydrogen) atoms. The van der Waals surface area contributed by atoms with Crippen LogP contribution in [0, 0.1) is 6.92 Å². The molecular formula is C17H21N3O. The van der Waals surface area contributed by atoms with Crippen LogP contribution in [0.4, 0.5) is 0 Å². The first-order valence-corrected chi connectivity index (χ1v) is 7.71. The molecule has 4 nitrogen and oxygen atoms in total. The normalized spacial score (nSPS) is 25.8. The van der Waals surface area contributed by atoms with Crippen LogP contribution in [0.25, 0.3) is 0 Å². The van der Waals surface area contributed by atoms with Gasteiger partial charge >= 0.3 is 0 Å². The summed E-state index contributed by atoms with van der Waals surface area (Å²) in [7, 11) is 0. The predicted octanol–water partition coefficient (Wildman–Crippen LogP) is 2.44. The Hall–Kier alpha value is -1.65. The van der Waals surface area contributed by atoms with E-state index in [1.54, 1.807) is 6.26 Å². The molecule has 2 atom stereocenters. The van der Waals surface area contributed by atoms with Gasteiger partial charge in [-0.05, 0) is 18.9 Å². The molecule has 0 radical (unpaired) electrons. The number of aromatic nitrogens is 1. The molecule has 0 spiro atoms. The third-order valence-electron chi connectivity index (χ3n) is 4.92. The number of nitrogens with zero attached hydrogens (tertiary/aromatic N) is 3. The molecule has 2 saturated heterocycles. The first-order valence-electron chi connectivity index (χ1n) is 7.71. The van der Waals surface area contributed by atoms with Crippen molar-refractivity contribution < 1.29 is 4.52 Å². The number of rotatable bonds is 4. The molecule has 1 aromatic heterocycles. The fourth-order valence-corrected chi connectivity index (χ4v) is 3.72. The molecule has 110 valence electrons. The van der Waals surface area contributed by atoms with Crippen LogP contribution >= 0.6 is 0 Å². The molecule has 0 amide bonds. The second-order valence-electron chi connectivity index (χ2n) is 6.31. The second kappa shape index (κ2) is 5.28. The van der Waals surface area contributed by atoms with Crippen molar-refractivity contribution in [3.05, 3.63) is 53.4 Å². The Bertz CT molecular complexity index is 610. The van der Waals surface area contributed by atoms with Gasteiger partial charge in [0.05, 0.1) is 5.69 Å². The number of piperazine rings is 1. The third kappa shape index (κ3) is 2.49. The van der Waals surface area contributed by atoms with Crippen LogP contribution in [0.1, 0.15) is 23.2 Å². The quantitative estimate of drug-likeness (QED) is 0.863. The van der Waals surface area contributed by atoms with Crippen LogP contribution in [-0.2, 0) is 13.1 Å². The maximum Gasteiger partial charge on any atom is 0.128 e. The van der Waals surface area contributed by atoms with Crippen molar-refractivity contribution in [1.82, 2.24) is 15.0 Å². The standard InChI is InChI=1S/C17H21N3O/c1-13-15(12-21-18-13)9-20-11-16-7-17(20)10-19(16)8-14-5-3-2-4-6-14/h2-6,12,16-17H,7-11H2,1H3/t16-,17-/m0/s1. The lowest BCUT2D eigenvalue weighted by molar-refractivity contribution is 0.117. The predicted molar refractivity (Wildman–Crippen MR) is 80.7 cm³/mol. The zero-order chi connectivity index (χ0) is 14.2. The Morgan fingerprint density at radius 3 is 2.43 bits per heavy atom. The van der Waals surface area contributed by atoms with E-state index in [0.29, 0.717) is 12.1 Å². The van der Waals surface area contributed by atoms with Crippen molar-refractivity contribution in [2.75, 3.05) is 13.1 Å². The van der Waals surface area contributed by atoms with E-state index in [-0.39, 0.29) is 0 Å². The van der Waals surface area contributed by atoms with Gasteiger partial charge in [0.1, 0.15) is 6.26 Å². The largest absolute Gasteiger partial charge is 0.364 e. The van der Waals surface area contributed by atoms with Gasteiger partial charge in [0.25, 0.3) is 0 Å². The zero-order valence-corrected chi connectivity index (χ0v) is 12.4. The fourth-order valence-electron chi connectivity index (χ4n) is 3.72. The van der Waals surface area contributed by atoms with Crippen LogP contribution in [0.3, 0.4) is 0 Å². The molecular weight excluding hydrogens is 262 g/mol. The van der Waals surface area contributed by atoms with E-state index in [1.165, 1.54) is 30.6 Å². The molecule has 0 aliphatic carbocycles. The van der Waals surface area contributed by atoms with E-state index < -0.39 is 0 Å². The first-order chi connectivity index (χ1) is 10.3. The molecule has 0 N–H and O–H groups in total. The Labute approximate surface area is 125 Å². The van der Waals surface area contributed by atoms with Gasteiger partial charge in [0.15, 0.2) is 0 Å². The van der Waals surface area contributed by atoms with Crippen molar-refractivity contribution in [3.63, 3.8) is 0 Å². The summed E-state index contributed by atoms with van der Waals surface area (Å²) in [4.78, 5) is 5.22. The fraction of sp³-hybridized carbons (Fsp3) is 0.471. The van der Waals surface area contributed by atoms with Crippen LogP contribution in [0.15, 0.2) is 41.1 Å². The molecule has 4 rings (SSSR count). The summed E-state index contributed by atoms with van der Waals surface area (Å²) >= 11 is 0. The molecule has 2 aliphatic heterocycles. The van der Waals surface area contributed by atoms with Crippen LogP contribution in [0.5, 0.6) is 0 Å². The summed E-state index contributed by atoms with van der Waals surface area (Å²) in [5.74, 6) is 0. The molecule has 2 bridgehead atoms. The lowest BCUT2D eigenvalue weighted by Crippen LogP contribution is -2.45. The Balaban J connectivity index is 1.38. The van der Waals surface area contributed by atoms with Gasteiger partial charge in [-0.1, -0.05) is 35.5 Å². The van der Waals surface area contributed by atoms with E-state index >= 15 is 0 Å². The van der Waals surface area contributed by atoms with Gasteiger partial charge in [0, 0.05) is 43.8 Å². The molecule has 4 heteroatoms. The van der Waals surface area contributed by atoms with Gasteiger partial charge in [-0.25, -0.2) is 0 Å². The number of hydrogen-bond acceptors (Lipinski definition) is 4. The highest BCUT2D eigenvalue weighted by Gasteiger charge is 2.42. The van der Waals surface area contributed by atoms with E-state index in [2.05, 4.69) is 45.3 Å². The van der Waals surface area contributed by atoms with Crippen molar-refractivity contribution in [2.24, 2.45) is 0 Å². The summed E-state index contributed by atoms with van der Waals surface area (Å²) in [5.41, 5.74) is 3.68. The molecule has 0 saturated carbocycles. The number of hydrogen-bond donors (Lipinski definition) is 0. The topological polar surface area (TPSA) is 32.5 Å². The van der Waals surface area contributed by atoms with Gasteiger partial charge in [0.2, 0.25) is 0 Å². The van der Waals surface area contributed by atoms with Crippen LogP contribution < -0.4 is 0 Å². The van der Waals surface area contributed by atoms with Crippen LogP contribution in [0.2, 0.25) is 0 Å². The van der Waals surface area contributed by atoms with Gasteiger partial charge in [-0.2, -0.15) is 0 Å². The van der Waals surface area contributed by atoms with Crippen molar-refractivity contribution in [1.29, 1.82) is 0 Å². The average molecular weight is 283 g/mol. The minimum atomic E-state index is 0.688. The summed E-state index contributed by atoms with van der Waals surface area (Å²) in [6, 6.07) is 12.2. The highest BCUT2D eigenvalue weighted by Crippen LogP contribution is 2.33. The third-order valence-corrected chi connectivity index (χ3v) is 4.92. The monoisotopic (exact) mass is 283 g/mol. The molecule has 2 aliphatic rings. The van der Waals surface area contributed by atoms with Gasteiger partial charge in [-0.15, -0.1) is 0 Å². The maximum atomic E-state index is 5.05. The molecule has 0 unspecified atom stereocenters. The lowest BCUT2D eigenvalue weighted by atomic mass is 10.2. The van der Waals surface area contributed by atoms with Crippen LogP contribution in [-0.4, -0.2) is 40.1 Å². The minimum absolute atomic E-state index is 0.688. The Kier molecular flexibility index (Phi) is 3.28. The summed E-state index contributed by atoms with van der Waals surface area (Å²) in [6.07, 6.45) is 3.10. The zero-order valence-electron chi connectivity index (χ0n) is 12.4. The van der Waals surface area contributed by atoms with Crippen molar-refractivity contribution >= 4 is 0 Å². The summed E-state index contributed by atoms with van der Waals surface area (Å²) < 4.78 is 5.05. The molecule has 1 aromatic carbocycles. The number of fused-ring (bicyclic) bond motifs is 2. The summed E-state index contributed by atoms with van der Waals surface area (Å²) in [6.45, 7) is 6.44. The van der Waals surface area contributed by atoms with E-state index in [1.807, 2.05) is 6.92 Å². The number of likely N-dealkylation sites (tertiary alicyclic amines) is 2. The second-order valence-corrected chi connectivity index (χ2v) is 6.31. The van der Waals surface area contributed by atoms with E-state index in [4.69, 9.17) is 4.52 Å². The Morgan fingerprint density at radius 2 is 1.81 bits per heavy atom.